The number of likely N-dealkylation sites (tertiary alicyclic amines) is 1. The molecule has 0 radical (unpaired) electrons. The molecule has 1 rings (SSSR count). The van der Waals surface area contributed by atoms with Gasteiger partial charge in [-0.25, -0.2) is 0 Å². The summed E-state index contributed by atoms with van der Waals surface area (Å²) >= 11 is 0. The Hall–Kier alpha value is -0.0400. The summed E-state index contributed by atoms with van der Waals surface area (Å²) < 4.78 is 0. The maximum atomic E-state index is 2.68. The molecule has 1 heterocycles. The standard InChI is InChI=1S/C14H29N/c1-12(2)7-5-6-8-15-10-13(3)9-14(4)11-15/h12-14H,5-11H2,1-4H3. The molecule has 2 atom stereocenters. The van der Waals surface area contributed by atoms with Crippen LogP contribution in [0.2, 0.25) is 0 Å². The highest BCUT2D eigenvalue weighted by molar-refractivity contribution is 4.74. The van der Waals surface area contributed by atoms with Gasteiger partial charge in [0, 0.05) is 13.1 Å². The molecule has 1 nitrogen and oxygen atoms in total. The normalized spacial score (nSPS) is 28.6. The first-order chi connectivity index (χ1) is 7.08. The lowest BCUT2D eigenvalue weighted by Crippen LogP contribution is -2.39. The molecule has 0 spiro atoms. The quantitative estimate of drug-likeness (QED) is 0.625. The van der Waals surface area contributed by atoms with Crippen molar-refractivity contribution in [2.45, 2.75) is 53.4 Å². The zero-order valence-electron chi connectivity index (χ0n) is 11.1. The lowest BCUT2D eigenvalue weighted by Gasteiger charge is -2.35. The molecule has 90 valence electrons. The van der Waals surface area contributed by atoms with Gasteiger partial charge < -0.3 is 4.90 Å². The minimum Gasteiger partial charge on any atom is -0.303 e. The van der Waals surface area contributed by atoms with Crippen LogP contribution in [-0.2, 0) is 0 Å². The number of piperidine rings is 1. The number of rotatable bonds is 5. The van der Waals surface area contributed by atoms with E-state index in [0.29, 0.717) is 0 Å². The molecule has 0 aromatic heterocycles. The van der Waals surface area contributed by atoms with E-state index >= 15 is 0 Å². The zero-order valence-corrected chi connectivity index (χ0v) is 11.1. The monoisotopic (exact) mass is 211 g/mol. The van der Waals surface area contributed by atoms with Crippen LogP contribution in [0.25, 0.3) is 0 Å². The van der Waals surface area contributed by atoms with E-state index in [-0.39, 0.29) is 0 Å². The van der Waals surface area contributed by atoms with Gasteiger partial charge in [0.05, 0.1) is 0 Å². The van der Waals surface area contributed by atoms with Crippen molar-refractivity contribution in [1.29, 1.82) is 0 Å². The Bertz CT molecular complexity index is 155. The summed E-state index contributed by atoms with van der Waals surface area (Å²) in [4.78, 5) is 2.68. The van der Waals surface area contributed by atoms with E-state index < -0.39 is 0 Å². The molecular weight excluding hydrogens is 182 g/mol. The number of unbranched alkanes of at least 4 members (excludes halogenated alkanes) is 1. The first-order valence-corrected chi connectivity index (χ1v) is 6.80. The Labute approximate surface area is 96.2 Å². The maximum Gasteiger partial charge on any atom is 0.000724 e. The van der Waals surface area contributed by atoms with Crippen LogP contribution in [0.4, 0.5) is 0 Å². The summed E-state index contributed by atoms with van der Waals surface area (Å²) in [5.41, 5.74) is 0. The minimum atomic E-state index is 0.879. The molecule has 0 bridgehead atoms. The van der Waals surface area contributed by atoms with Crippen molar-refractivity contribution >= 4 is 0 Å². The first-order valence-electron chi connectivity index (χ1n) is 6.80. The average molecular weight is 211 g/mol. The Morgan fingerprint density at radius 1 is 1.07 bits per heavy atom. The lowest BCUT2D eigenvalue weighted by molar-refractivity contribution is 0.138. The topological polar surface area (TPSA) is 3.24 Å². The van der Waals surface area contributed by atoms with Gasteiger partial charge in [0.1, 0.15) is 0 Å². The molecule has 1 aliphatic rings. The molecule has 1 aliphatic heterocycles. The second-order valence-corrected chi connectivity index (χ2v) is 6.10. The largest absolute Gasteiger partial charge is 0.303 e. The van der Waals surface area contributed by atoms with E-state index in [1.165, 1.54) is 45.3 Å². The number of nitrogens with zero attached hydrogens (tertiary/aromatic N) is 1. The molecule has 0 aromatic carbocycles. The summed E-state index contributed by atoms with van der Waals surface area (Å²) in [6, 6.07) is 0. The van der Waals surface area contributed by atoms with E-state index in [2.05, 4.69) is 32.6 Å². The second-order valence-electron chi connectivity index (χ2n) is 6.10. The number of hydrogen-bond acceptors (Lipinski definition) is 1. The molecule has 15 heavy (non-hydrogen) atoms. The van der Waals surface area contributed by atoms with Crippen LogP contribution in [-0.4, -0.2) is 24.5 Å². The number of hydrogen-bond donors (Lipinski definition) is 0. The summed E-state index contributed by atoms with van der Waals surface area (Å²) in [6.45, 7) is 13.5. The fourth-order valence-electron chi connectivity index (χ4n) is 2.86. The van der Waals surface area contributed by atoms with Crippen LogP contribution in [0, 0.1) is 17.8 Å². The smallest absolute Gasteiger partial charge is 0.000724 e. The molecule has 1 saturated heterocycles. The van der Waals surface area contributed by atoms with Crippen LogP contribution >= 0.6 is 0 Å². The summed E-state index contributed by atoms with van der Waals surface area (Å²) in [5, 5.41) is 0. The summed E-state index contributed by atoms with van der Waals surface area (Å²) in [7, 11) is 0. The Kier molecular flexibility index (Phi) is 5.66. The average Bonchev–Trinajstić information content (AvgIpc) is 2.10. The third-order valence-electron chi connectivity index (χ3n) is 3.45. The van der Waals surface area contributed by atoms with Crippen LogP contribution in [0.15, 0.2) is 0 Å². The van der Waals surface area contributed by atoms with E-state index in [1.807, 2.05) is 0 Å². The van der Waals surface area contributed by atoms with Gasteiger partial charge >= 0.3 is 0 Å². The predicted octanol–water partition coefficient (Wildman–Crippen LogP) is 3.79. The van der Waals surface area contributed by atoms with Crippen molar-refractivity contribution in [2.24, 2.45) is 17.8 Å². The molecule has 2 unspecified atom stereocenters. The van der Waals surface area contributed by atoms with Gasteiger partial charge in [-0.05, 0) is 37.1 Å². The summed E-state index contributed by atoms with van der Waals surface area (Å²) in [6.07, 6.45) is 5.65. The van der Waals surface area contributed by atoms with E-state index in [1.54, 1.807) is 0 Å². The van der Waals surface area contributed by atoms with Crippen molar-refractivity contribution in [3.63, 3.8) is 0 Å². The molecular formula is C14H29N. The summed E-state index contributed by atoms with van der Waals surface area (Å²) in [5.74, 6) is 2.71. The van der Waals surface area contributed by atoms with E-state index in [9.17, 15) is 0 Å². The second kappa shape index (κ2) is 6.52. The third-order valence-corrected chi connectivity index (χ3v) is 3.45. The first kappa shape index (κ1) is 13.0. The molecule has 0 aromatic rings. The molecule has 1 fully saturated rings. The maximum absolute atomic E-state index is 2.68. The van der Waals surface area contributed by atoms with Gasteiger partial charge in [0.25, 0.3) is 0 Å². The predicted molar refractivity (Wildman–Crippen MR) is 68.1 cm³/mol. The fourth-order valence-corrected chi connectivity index (χ4v) is 2.86. The van der Waals surface area contributed by atoms with Crippen molar-refractivity contribution in [1.82, 2.24) is 4.90 Å². The van der Waals surface area contributed by atoms with Crippen molar-refractivity contribution in [3.8, 4) is 0 Å². The van der Waals surface area contributed by atoms with Gasteiger partial charge in [0.15, 0.2) is 0 Å². The molecule has 1 heteroatoms. The molecule has 0 amide bonds. The highest BCUT2D eigenvalue weighted by Crippen LogP contribution is 2.21. The van der Waals surface area contributed by atoms with Gasteiger partial charge in [-0.15, -0.1) is 0 Å². The van der Waals surface area contributed by atoms with Crippen LogP contribution in [0.5, 0.6) is 0 Å². The zero-order chi connectivity index (χ0) is 11.3. The molecule has 0 aliphatic carbocycles. The third kappa shape index (κ3) is 5.55. The highest BCUT2D eigenvalue weighted by atomic mass is 15.1. The fraction of sp³-hybridized carbons (Fsp3) is 1.00. The van der Waals surface area contributed by atoms with Crippen LogP contribution in [0.1, 0.15) is 53.4 Å². The van der Waals surface area contributed by atoms with Crippen LogP contribution in [0.3, 0.4) is 0 Å². The van der Waals surface area contributed by atoms with Gasteiger partial charge in [-0.3, -0.25) is 0 Å². The highest BCUT2D eigenvalue weighted by Gasteiger charge is 2.20. The van der Waals surface area contributed by atoms with E-state index in [0.717, 1.165) is 17.8 Å². The van der Waals surface area contributed by atoms with Crippen LogP contribution < -0.4 is 0 Å². The lowest BCUT2D eigenvalue weighted by atomic mass is 9.92. The van der Waals surface area contributed by atoms with Crippen molar-refractivity contribution in [3.05, 3.63) is 0 Å². The van der Waals surface area contributed by atoms with Gasteiger partial charge in [0.2, 0.25) is 0 Å². The van der Waals surface area contributed by atoms with Gasteiger partial charge in [-0.2, -0.15) is 0 Å². The van der Waals surface area contributed by atoms with Gasteiger partial charge in [-0.1, -0.05) is 40.5 Å². The molecule has 0 saturated carbocycles. The Balaban J connectivity index is 2.10. The van der Waals surface area contributed by atoms with E-state index in [4.69, 9.17) is 0 Å². The minimum absolute atomic E-state index is 0.879. The molecule has 0 N–H and O–H groups in total. The Morgan fingerprint density at radius 3 is 2.20 bits per heavy atom. The van der Waals surface area contributed by atoms with Crippen molar-refractivity contribution < 1.29 is 0 Å². The van der Waals surface area contributed by atoms with Crippen molar-refractivity contribution in [2.75, 3.05) is 19.6 Å². The SMILES string of the molecule is CC(C)CCCCN1CC(C)CC(C)C1. The Morgan fingerprint density at radius 2 is 1.67 bits per heavy atom.